The average Bonchev–Trinajstić information content (AvgIpc) is 2.71. The number of hydrogen-bond donors (Lipinski definition) is 1. The highest BCUT2D eigenvalue weighted by molar-refractivity contribution is 5.30. The zero-order chi connectivity index (χ0) is 12.8. The molecule has 1 aromatic carbocycles. The molecule has 2 aromatic rings. The van der Waals surface area contributed by atoms with Gasteiger partial charge in [0, 0.05) is 19.9 Å². The zero-order valence-electron chi connectivity index (χ0n) is 10.9. The van der Waals surface area contributed by atoms with Gasteiger partial charge in [0.2, 0.25) is 5.95 Å². The van der Waals surface area contributed by atoms with E-state index in [1.54, 1.807) is 7.11 Å². The van der Waals surface area contributed by atoms with Gasteiger partial charge in [-0.05, 0) is 12.5 Å². The molecule has 1 heterocycles. The summed E-state index contributed by atoms with van der Waals surface area (Å²) in [6, 6.07) is 10.4. The maximum absolute atomic E-state index is 5.03. The van der Waals surface area contributed by atoms with Crippen molar-refractivity contribution < 1.29 is 4.74 Å². The summed E-state index contributed by atoms with van der Waals surface area (Å²) in [6.07, 6.45) is 2.06. The topological polar surface area (TPSA) is 39.1 Å². The highest BCUT2D eigenvalue weighted by Gasteiger charge is 2.05. The minimum atomic E-state index is 0.678. The standard InChI is InChI=1S/C14H19N3O/c1-12-10-17(11-13-6-4-3-5-7-13)14(16-12)15-8-9-18-2/h3-7,10H,8-9,11H2,1-2H3,(H,15,16). The van der Waals surface area contributed by atoms with E-state index in [1.807, 2.05) is 13.0 Å². The predicted molar refractivity (Wildman–Crippen MR) is 72.9 cm³/mol. The second-order valence-electron chi connectivity index (χ2n) is 4.24. The van der Waals surface area contributed by atoms with Crippen LogP contribution in [0.15, 0.2) is 36.5 Å². The average molecular weight is 245 g/mol. The van der Waals surface area contributed by atoms with Crippen LogP contribution in [0.25, 0.3) is 0 Å². The van der Waals surface area contributed by atoms with Crippen molar-refractivity contribution in [3.8, 4) is 0 Å². The Hall–Kier alpha value is -1.81. The number of hydrogen-bond acceptors (Lipinski definition) is 3. The number of rotatable bonds is 6. The van der Waals surface area contributed by atoms with Gasteiger partial charge in [-0.2, -0.15) is 0 Å². The van der Waals surface area contributed by atoms with Crippen molar-refractivity contribution in [3.05, 3.63) is 47.8 Å². The van der Waals surface area contributed by atoms with Gasteiger partial charge < -0.3 is 14.6 Å². The van der Waals surface area contributed by atoms with Gasteiger partial charge in [-0.3, -0.25) is 0 Å². The van der Waals surface area contributed by atoms with Crippen LogP contribution in [0.5, 0.6) is 0 Å². The molecule has 0 aliphatic rings. The summed E-state index contributed by atoms with van der Waals surface area (Å²) in [7, 11) is 1.70. The summed E-state index contributed by atoms with van der Waals surface area (Å²) in [6.45, 7) is 4.28. The van der Waals surface area contributed by atoms with E-state index < -0.39 is 0 Å². The van der Waals surface area contributed by atoms with Crippen LogP contribution in [-0.2, 0) is 11.3 Å². The van der Waals surface area contributed by atoms with Crippen LogP contribution in [0.1, 0.15) is 11.3 Å². The van der Waals surface area contributed by atoms with E-state index >= 15 is 0 Å². The molecule has 0 bridgehead atoms. The Morgan fingerprint density at radius 1 is 1.28 bits per heavy atom. The van der Waals surface area contributed by atoms with Crippen LogP contribution >= 0.6 is 0 Å². The van der Waals surface area contributed by atoms with Crippen molar-refractivity contribution in [1.29, 1.82) is 0 Å². The molecule has 0 amide bonds. The molecule has 4 nitrogen and oxygen atoms in total. The largest absolute Gasteiger partial charge is 0.383 e. The molecular formula is C14H19N3O. The molecule has 4 heteroatoms. The maximum atomic E-state index is 5.03. The van der Waals surface area contributed by atoms with Crippen molar-refractivity contribution in [1.82, 2.24) is 9.55 Å². The van der Waals surface area contributed by atoms with Gasteiger partial charge >= 0.3 is 0 Å². The number of anilines is 1. The monoisotopic (exact) mass is 245 g/mol. The first kappa shape index (κ1) is 12.6. The minimum absolute atomic E-state index is 0.678. The van der Waals surface area contributed by atoms with Crippen LogP contribution in [0.2, 0.25) is 0 Å². The van der Waals surface area contributed by atoms with Crippen LogP contribution in [-0.4, -0.2) is 29.8 Å². The van der Waals surface area contributed by atoms with Crippen molar-refractivity contribution in [2.75, 3.05) is 25.6 Å². The second-order valence-corrected chi connectivity index (χ2v) is 4.24. The van der Waals surface area contributed by atoms with E-state index in [0.29, 0.717) is 6.61 Å². The van der Waals surface area contributed by atoms with Crippen molar-refractivity contribution in [3.63, 3.8) is 0 Å². The molecule has 0 aliphatic carbocycles. The fourth-order valence-electron chi connectivity index (χ4n) is 1.85. The lowest BCUT2D eigenvalue weighted by Crippen LogP contribution is -2.12. The molecule has 0 radical (unpaired) electrons. The summed E-state index contributed by atoms with van der Waals surface area (Å²) in [5.41, 5.74) is 2.29. The van der Waals surface area contributed by atoms with Crippen LogP contribution < -0.4 is 5.32 Å². The third-order valence-corrected chi connectivity index (χ3v) is 2.68. The molecule has 0 spiro atoms. The third-order valence-electron chi connectivity index (χ3n) is 2.68. The molecule has 1 aromatic heterocycles. The normalized spacial score (nSPS) is 10.6. The molecule has 0 saturated carbocycles. The Balaban J connectivity index is 2.07. The minimum Gasteiger partial charge on any atom is -0.383 e. The van der Waals surface area contributed by atoms with Crippen LogP contribution in [0, 0.1) is 6.92 Å². The lowest BCUT2D eigenvalue weighted by Gasteiger charge is -2.09. The maximum Gasteiger partial charge on any atom is 0.203 e. The van der Waals surface area contributed by atoms with Crippen molar-refractivity contribution in [2.45, 2.75) is 13.5 Å². The Morgan fingerprint density at radius 3 is 2.78 bits per heavy atom. The first-order chi connectivity index (χ1) is 8.79. The van der Waals surface area contributed by atoms with Gasteiger partial charge in [-0.25, -0.2) is 4.98 Å². The SMILES string of the molecule is COCCNc1nc(C)cn1Cc1ccccc1. The Morgan fingerprint density at radius 2 is 2.06 bits per heavy atom. The number of aryl methyl sites for hydroxylation is 1. The molecule has 0 fully saturated rings. The molecular weight excluding hydrogens is 226 g/mol. The first-order valence-corrected chi connectivity index (χ1v) is 6.10. The highest BCUT2D eigenvalue weighted by atomic mass is 16.5. The van der Waals surface area contributed by atoms with Gasteiger partial charge in [0.25, 0.3) is 0 Å². The Kier molecular flexibility index (Phi) is 4.36. The zero-order valence-corrected chi connectivity index (χ0v) is 10.9. The van der Waals surface area contributed by atoms with E-state index in [4.69, 9.17) is 4.74 Å². The molecule has 0 saturated heterocycles. The first-order valence-electron chi connectivity index (χ1n) is 6.10. The van der Waals surface area contributed by atoms with E-state index in [-0.39, 0.29) is 0 Å². The highest BCUT2D eigenvalue weighted by Crippen LogP contribution is 2.11. The number of nitrogens with zero attached hydrogens (tertiary/aromatic N) is 2. The Bertz CT molecular complexity index is 479. The second kappa shape index (κ2) is 6.21. The van der Waals surface area contributed by atoms with Crippen molar-refractivity contribution >= 4 is 5.95 Å². The van der Waals surface area contributed by atoms with E-state index in [1.165, 1.54) is 5.56 Å². The molecule has 0 atom stereocenters. The van der Waals surface area contributed by atoms with Crippen LogP contribution in [0.3, 0.4) is 0 Å². The van der Waals surface area contributed by atoms with Gasteiger partial charge in [-0.1, -0.05) is 30.3 Å². The lowest BCUT2D eigenvalue weighted by atomic mass is 10.2. The Labute approximate surface area is 108 Å². The molecule has 0 aliphatic heterocycles. The molecule has 96 valence electrons. The summed E-state index contributed by atoms with van der Waals surface area (Å²) in [5, 5.41) is 3.28. The molecule has 2 rings (SSSR count). The van der Waals surface area contributed by atoms with Gasteiger partial charge in [0.15, 0.2) is 0 Å². The van der Waals surface area contributed by atoms with E-state index in [9.17, 15) is 0 Å². The van der Waals surface area contributed by atoms with E-state index in [0.717, 1.165) is 24.7 Å². The third kappa shape index (κ3) is 3.34. The molecule has 0 unspecified atom stereocenters. The van der Waals surface area contributed by atoms with Crippen molar-refractivity contribution in [2.24, 2.45) is 0 Å². The number of methoxy groups -OCH3 is 1. The van der Waals surface area contributed by atoms with Gasteiger partial charge in [0.1, 0.15) is 0 Å². The van der Waals surface area contributed by atoms with Gasteiger partial charge in [0.05, 0.1) is 18.8 Å². The molecule has 1 N–H and O–H groups in total. The van der Waals surface area contributed by atoms with Gasteiger partial charge in [-0.15, -0.1) is 0 Å². The fraction of sp³-hybridized carbons (Fsp3) is 0.357. The quantitative estimate of drug-likeness (QED) is 0.794. The number of nitrogens with one attached hydrogen (secondary N) is 1. The van der Waals surface area contributed by atoms with Crippen LogP contribution in [0.4, 0.5) is 5.95 Å². The number of imidazole rings is 1. The summed E-state index contributed by atoms with van der Waals surface area (Å²) < 4.78 is 7.15. The molecule has 18 heavy (non-hydrogen) atoms. The fourth-order valence-corrected chi connectivity index (χ4v) is 1.85. The summed E-state index contributed by atoms with van der Waals surface area (Å²) >= 11 is 0. The number of aromatic nitrogens is 2. The summed E-state index contributed by atoms with van der Waals surface area (Å²) in [5.74, 6) is 0.897. The smallest absolute Gasteiger partial charge is 0.203 e. The predicted octanol–water partition coefficient (Wildman–Crippen LogP) is 2.30. The number of benzene rings is 1. The van der Waals surface area contributed by atoms with E-state index in [2.05, 4.69) is 45.3 Å². The number of ether oxygens (including phenoxy) is 1. The lowest BCUT2D eigenvalue weighted by molar-refractivity contribution is 0.210. The summed E-state index contributed by atoms with van der Waals surface area (Å²) in [4.78, 5) is 4.47.